The lowest BCUT2D eigenvalue weighted by Gasteiger charge is -2.41. The van der Waals surface area contributed by atoms with Crippen LogP contribution in [-0.4, -0.2) is 11.8 Å². The lowest BCUT2D eigenvalue weighted by Crippen LogP contribution is -2.42. The molecule has 0 N–H and O–H groups in total. The van der Waals surface area contributed by atoms with Crippen molar-refractivity contribution in [3.8, 4) is 5.75 Å². The number of ether oxygens (including phenoxy) is 1. The maximum absolute atomic E-state index is 6.83. The van der Waals surface area contributed by atoms with E-state index < -0.39 is 5.60 Å². The second-order valence-corrected chi connectivity index (χ2v) is 8.38. The molecule has 2 aromatic rings. The summed E-state index contributed by atoms with van der Waals surface area (Å²) in [6, 6.07) is 14.8. The molecule has 28 heavy (non-hydrogen) atoms. The molecule has 134 valence electrons. The predicted molar refractivity (Wildman–Crippen MR) is 116 cm³/mol. The average Bonchev–Trinajstić information content (AvgIpc) is 3.21. The molecule has 2 nitrogen and oxygen atoms in total. The van der Waals surface area contributed by atoms with Gasteiger partial charge in [0.2, 0.25) is 0 Å². The first-order valence-corrected chi connectivity index (χ1v) is 10.2. The predicted octanol–water partition coefficient (Wildman–Crippen LogP) is 5.88. The Kier molecular flexibility index (Phi) is 3.41. The molecule has 0 aromatic heterocycles. The Hall–Kier alpha value is -3.04. The van der Waals surface area contributed by atoms with Crippen molar-refractivity contribution in [1.82, 2.24) is 0 Å². The van der Waals surface area contributed by atoms with Gasteiger partial charge in [0, 0.05) is 43.9 Å². The number of allylic oxidation sites excluding steroid dienone is 3. The summed E-state index contributed by atoms with van der Waals surface area (Å²) >= 11 is 1.77. The van der Waals surface area contributed by atoms with E-state index in [0.717, 1.165) is 16.9 Å². The zero-order chi connectivity index (χ0) is 18.6. The molecule has 4 aliphatic rings. The highest BCUT2D eigenvalue weighted by Gasteiger charge is 2.43. The van der Waals surface area contributed by atoms with Gasteiger partial charge in [-0.2, -0.15) is 0 Å². The molecular formula is C25H17NOS. The summed E-state index contributed by atoms with van der Waals surface area (Å²) in [5.74, 6) is 0.968. The fourth-order valence-electron chi connectivity index (χ4n) is 4.17. The van der Waals surface area contributed by atoms with Crippen molar-refractivity contribution in [2.75, 3.05) is 0 Å². The lowest BCUT2D eigenvalue weighted by atomic mass is 9.77. The van der Waals surface area contributed by atoms with Crippen molar-refractivity contribution in [2.24, 2.45) is 4.99 Å². The van der Waals surface area contributed by atoms with Gasteiger partial charge in [0.15, 0.2) is 5.60 Å². The van der Waals surface area contributed by atoms with Gasteiger partial charge in [-0.25, -0.2) is 0 Å². The van der Waals surface area contributed by atoms with E-state index in [1.807, 2.05) is 12.3 Å². The maximum atomic E-state index is 6.83. The van der Waals surface area contributed by atoms with Crippen molar-refractivity contribution in [3.63, 3.8) is 0 Å². The van der Waals surface area contributed by atoms with Crippen LogP contribution in [0, 0.1) is 0 Å². The lowest BCUT2D eigenvalue weighted by molar-refractivity contribution is 0.196. The number of hydrogen-bond acceptors (Lipinski definition) is 3. The minimum atomic E-state index is -0.564. The van der Waals surface area contributed by atoms with E-state index >= 15 is 0 Å². The van der Waals surface area contributed by atoms with Crippen molar-refractivity contribution in [1.29, 1.82) is 0 Å². The first-order chi connectivity index (χ1) is 13.8. The van der Waals surface area contributed by atoms with Crippen LogP contribution in [0.1, 0.15) is 16.7 Å². The fraction of sp³-hybridized carbons (Fsp3) is 0.0800. The van der Waals surface area contributed by atoms with E-state index in [1.165, 1.54) is 26.5 Å². The molecule has 1 unspecified atom stereocenters. The number of aliphatic imine (C=N–C) groups is 1. The van der Waals surface area contributed by atoms with E-state index in [1.54, 1.807) is 11.8 Å². The molecule has 0 amide bonds. The van der Waals surface area contributed by atoms with Crippen LogP contribution in [0.4, 0.5) is 0 Å². The Morgan fingerprint density at radius 2 is 1.82 bits per heavy atom. The second kappa shape index (κ2) is 5.98. The molecular weight excluding hydrogens is 362 g/mol. The molecule has 0 saturated heterocycles. The molecule has 6 rings (SSSR count). The molecule has 0 radical (unpaired) electrons. The third kappa shape index (κ3) is 2.33. The summed E-state index contributed by atoms with van der Waals surface area (Å²) in [7, 11) is 0. The number of thioether (sulfide) groups is 1. The summed E-state index contributed by atoms with van der Waals surface area (Å²) in [5.41, 5.74) is 5.27. The first kappa shape index (κ1) is 16.0. The third-order valence-corrected chi connectivity index (χ3v) is 6.54. The molecule has 1 spiro atoms. The molecule has 2 aliphatic carbocycles. The summed E-state index contributed by atoms with van der Waals surface area (Å²) in [6.07, 6.45) is 17.3. The summed E-state index contributed by atoms with van der Waals surface area (Å²) in [4.78, 5) is 6.87. The van der Waals surface area contributed by atoms with Crippen LogP contribution >= 0.6 is 11.8 Å². The van der Waals surface area contributed by atoms with Gasteiger partial charge in [0.25, 0.3) is 0 Å². The van der Waals surface area contributed by atoms with Crippen molar-refractivity contribution >= 4 is 24.1 Å². The standard InChI is InChI=1S/C25H17NOS/c1-2-7-21(8-3-1)28-22-12-11-19-5-4-6-20-13-17-9-10-18-15-26-16-23(18)24(17)27-25(19,20)14-22/h1-15H,16H2. The zero-order valence-corrected chi connectivity index (χ0v) is 15.9. The van der Waals surface area contributed by atoms with E-state index in [-0.39, 0.29) is 0 Å². The average molecular weight is 379 g/mol. The first-order valence-electron chi connectivity index (χ1n) is 9.41. The quantitative estimate of drug-likeness (QED) is 0.650. The van der Waals surface area contributed by atoms with Crippen LogP contribution in [0.3, 0.4) is 0 Å². The summed E-state index contributed by atoms with van der Waals surface area (Å²) in [6.45, 7) is 0.692. The summed E-state index contributed by atoms with van der Waals surface area (Å²) in [5, 5.41) is 0. The molecule has 2 heterocycles. The maximum Gasteiger partial charge on any atom is 0.179 e. The molecule has 0 saturated carbocycles. The number of fused-ring (bicyclic) bond motifs is 3. The van der Waals surface area contributed by atoms with Gasteiger partial charge in [0.1, 0.15) is 5.75 Å². The molecule has 3 heteroatoms. The van der Waals surface area contributed by atoms with Gasteiger partial charge in [-0.1, -0.05) is 66.4 Å². The van der Waals surface area contributed by atoms with E-state index in [0.29, 0.717) is 6.54 Å². The van der Waals surface area contributed by atoms with Crippen LogP contribution in [0.25, 0.3) is 6.08 Å². The van der Waals surface area contributed by atoms with E-state index in [2.05, 4.69) is 83.9 Å². The molecule has 1 atom stereocenters. The SMILES string of the molecule is C1=CC2=Cc3ccc4c(c3OC23C=C(Sc2ccccc2)C=CC3=C1)CN=C4. The third-order valence-electron chi connectivity index (χ3n) is 5.54. The molecule has 0 fully saturated rings. The number of rotatable bonds is 2. The monoisotopic (exact) mass is 379 g/mol. The van der Waals surface area contributed by atoms with E-state index in [9.17, 15) is 0 Å². The highest BCUT2D eigenvalue weighted by Crippen LogP contribution is 2.49. The van der Waals surface area contributed by atoms with Gasteiger partial charge < -0.3 is 4.74 Å². The van der Waals surface area contributed by atoms with Gasteiger partial charge in [-0.15, -0.1) is 0 Å². The minimum Gasteiger partial charge on any atom is -0.473 e. The van der Waals surface area contributed by atoms with Crippen LogP contribution in [0.2, 0.25) is 0 Å². The molecule has 2 aromatic carbocycles. The second-order valence-electron chi connectivity index (χ2n) is 7.24. The van der Waals surface area contributed by atoms with Crippen LogP contribution in [0.5, 0.6) is 5.75 Å². The fourth-order valence-corrected chi connectivity index (χ4v) is 5.10. The highest BCUT2D eigenvalue weighted by atomic mass is 32.2. The highest BCUT2D eigenvalue weighted by molar-refractivity contribution is 8.03. The largest absolute Gasteiger partial charge is 0.473 e. The smallest absolute Gasteiger partial charge is 0.179 e. The van der Waals surface area contributed by atoms with Gasteiger partial charge in [-0.05, 0) is 30.4 Å². The topological polar surface area (TPSA) is 21.6 Å². The van der Waals surface area contributed by atoms with E-state index in [4.69, 9.17) is 4.74 Å². The number of nitrogens with zero attached hydrogens (tertiary/aromatic N) is 1. The Morgan fingerprint density at radius 3 is 2.75 bits per heavy atom. The Balaban J connectivity index is 1.48. The number of benzene rings is 2. The Labute approximate surface area is 168 Å². The van der Waals surface area contributed by atoms with Crippen molar-refractivity contribution in [3.05, 3.63) is 112 Å². The Bertz CT molecular complexity index is 1180. The van der Waals surface area contributed by atoms with Crippen molar-refractivity contribution < 1.29 is 4.74 Å². The van der Waals surface area contributed by atoms with Crippen molar-refractivity contribution in [2.45, 2.75) is 17.0 Å². The Morgan fingerprint density at radius 1 is 0.929 bits per heavy atom. The molecule has 2 aliphatic heterocycles. The van der Waals surface area contributed by atoms with Crippen LogP contribution < -0.4 is 4.74 Å². The minimum absolute atomic E-state index is 0.564. The zero-order valence-electron chi connectivity index (χ0n) is 15.1. The number of hydrogen-bond donors (Lipinski definition) is 0. The van der Waals surface area contributed by atoms with Crippen LogP contribution in [-0.2, 0) is 6.54 Å². The van der Waals surface area contributed by atoms with Crippen LogP contribution in [0.15, 0.2) is 105 Å². The molecule has 0 bridgehead atoms. The van der Waals surface area contributed by atoms with Gasteiger partial charge in [0.05, 0.1) is 6.54 Å². The summed E-state index contributed by atoms with van der Waals surface area (Å²) < 4.78 is 6.83. The van der Waals surface area contributed by atoms with Gasteiger partial charge in [-0.3, -0.25) is 4.99 Å². The normalized spacial score (nSPS) is 22.9. The van der Waals surface area contributed by atoms with Gasteiger partial charge >= 0.3 is 0 Å².